The van der Waals surface area contributed by atoms with Gasteiger partial charge in [-0.2, -0.15) is 0 Å². The van der Waals surface area contributed by atoms with Gasteiger partial charge < -0.3 is 5.73 Å². The molecule has 0 aromatic heterocycles. The summed E-state index contributed by atoms with van der Waals surface area (Å²) < 4.78 is 13.2. The molecule has 2 N–H and O–H groups in total. The Hall–Kier alpha value is -0.600. The van der Waals surface area contributed by atoms with Crippen LogP contribution in [0.3, 0.4) is 0 Å². The zero-order valence-corrected chi connectivity index (χ0v) is 8.74. The van der Waals surface area contributed by atoms with Gasteiger partial charge in [0.05, 0.1) is 0 Å². The molecule has 0 saturated heterocycles. The fourth-order valence-corrected chi connectivity index (χ4v) is 1.54. The van der Waals surface area contributed by atoms with Crippen molar-refractivity contribution in [2.24, 2.45) is 5.73 Å². The molecule has 0 fully saturated rings. The van der Waals surface area contributed by atoms with E-state index < -0.39 is 0 Å². The lowest BCUT2D eigenvalue weighted by Crippen LogP contribution is -2.08. The molecule has 0 spiro atoms. The highest BCUT2D eigenvalue weighted by atomic mass is 35.5. The molecule has 0 radical (unpaired) electrons. The van der Waals surface area contributed by atoms with Gasteiger partial charge in [0.25, 0.3) is 0 Å². The summed E-state index contributed by atoms with van der Waals surface area (Å²) in [4.78, 5) is 0. The highest BCUT2D eigenvalue weighted by molar-refractivity contribution is 6.32. The molecule has 1 rings (SSSR count). The average Bonchev–Trinajstić information content (AvgIpc) is 2.07. The summed E-state index contributed by atoms with van der Waals surface area (Å²) in [7, 11) is 0. The highest BCUT2D eigenvalue weighted by Crippen LogP contribution is 2.28. The van der Waals surface area contributed by atoms with Crippen LogP contribution in [-0.2, 0) is 0 Å². The molecule has 0 aliphatic rings. The first-order valence-corrected chi connectivity index (χ1v) is 4.53. The van der Waals surface area contributed by atoms with Crippen molar-refractivity contribution in [3.63, 3.8) is 0 Å². The van der Waals surface area contributed by atoms with Crippen molar-refractivity contribution in [1.29, 1.82) is 0 Å². The Bertz CT molecular complexity index is 334. The van der Waals surface area contributed by atoms with Crippen LogP contribution in [-0.4, -0.2) is 0 Å². The van der Waals surface area contributed by atoms with Crippen LogP contribution >= 0.6 is 11.6 Å². The van der Waals surface area contributed by atoms with Crippen LogP contribution in [0.1, 0.15) is 29.7 Å². The van der Waals surface area contributed by atoms with Gasteiger partial charge >= 0.3 is 0 Å². The Kier molecular flexibility index (Phi) is 2.94. The summed E-state index contributed by atoms with van der Waals surface area (Å²) in [6.07, 6.45) is 0. The minimum atomic E-state index is -0.289. The summed E-state index contributed by atoms with van der Waals surface area (Å²) in [6, 6.07) is 1.27. The van der Waals surface area contributed by atoms with Crippen LogP contribution in [0.15, 0.2) is 6.07 Å². The van der Waals surface area contributed by atoms with Crippen molar-refractivity contribution < 1.29 is 4.39 Å². The molecule has 13 heavy (non-hydrogen) atoms. The number of rotatable bonds is 1. The first-order chi connectivity index (χ1) is 5.95. The Labute approximate surface area is 82.7 Å². The molecule has 1 aromatic carbocycles. The Balaban J connectivity index is 3.41. The second-order valence-corrected chi connectivity index (χ2v) is 3.68. The van der Waals surface area contributed by atoms with E-state index in [1.165, 1.54) is 6.07 Å². The van der Waals surface area contributed by atoms with E-state index in [9.17, 15) is 4.39 Å². The molecular formula is C10H13ClFN. The molecule has 72 valence electrons. The number of halogens is 2. The first kappa shape index (κ1) is 10.5. The normalized spacial score (nSPS) is 13.1. The van der Waals surface area contributed by atoms with Gasteiger partial charge in [-0.3, -0.25) is 0 Å². The predicted molar refractivity (Wildman–Crippen MR) is 53.5 cm³/mol. The van der Waals surface area contributed by atoms with Gasteiger partial charge in [0.2, 0.25) is 0 Å². The Morgan fingerprint density at radius 3 is 2.38 bits per heavy atom. The zero-order chi connectivity index (χ0) is 10.2. The van der Waals surface area contributed by atoms with E-state index in [4.69, 9.17) is 17.3 Å². The average molecular weight is 202 g/mol. The van der Waals surface area contributed by atoms with Crippen molar-refractivity contribution in [1.82, 2.24) is 0 Å². The van der Waals surface area contributed by atoms with Crippen LogP contribution in [0, 0.1) is 19.7 Å². The lowest BCUT2D eigenvalue weighted by atomic mass is 10.0. The standard InChI is InChI=1S/C10H13ClFN/c1-5-8(7(3)13)4-9(12)6(2)10(5)11/h4,7H,13H2,1-3H3. The molecule has 0 bridgehead atoms. The molecule has 1 aromatic rings. The zero-order valence-electron chi connectivity index (χ0n) is 7.99. The van der Waals surface area contributed by atoms with E-state index in [0.717, 1.165) is 11.1 Å². The molecule has 0 aliphatic heterocycles. The van der Waals surface area contributed by atoms with E-state index in [1.807, 2.05) is 13.8 Å². The van der Waals surface area contributed by atoms with Crippen molar-refractivity contribution in [2.45, 2.75) is 26.8 Å². The topological polar surface area (TPSA) is 26.0 Å². The van der Waals surface area contributed by atoms with Gasteiger partial charge in [0.1, 0.15) is 5.82 Å². The van der Waals surface area contributed by atoms with Gasteiger partial charge in [-0.25, -0.2) is 4.39 Å². The van der Waals surface area contributed by atoms with Crippen molar-refractivity contribution in [3.8, 4) is 0 Å². The third-order valence-corrected chi connectivity index (χ3v) is 2.79. The van der Waals surface area contributed by atoms with E-state index in [0.29, 0.717) is 10.6 Å². The molecule has 1 nitrogen and oxygen atoms in total. The minimum absolute atomic E-state index is 0.187. The van der Waals surface area contributed by atoms with Crippen LogP contribution in [0.4, 0.5) is 4.39 Å². The number of nitrogens with two attached hydrogens (primary N) is 1. The van der Waals surface area contributed by atoms with Crippen LogP contribution < -0.4 is 5.73 Å². The van der Waals surface area contributed by atoms with E-state index >= 15 is 0 Å². The van der Waals surface area contributed by atoms with Gasteiger partial charge in [-0.05, 0) is 38.0 Å². The molecule has 0 heterocycles. The summed E-state index contributed by atoms with van der Waals surface area (Å²) in [5.74, 6) is -0.289. The second-order valence-electron chi connectivity index (χ2n) is 3.30. The number of hydrogen-bond acceptors (Lipinski definition) is 1. The molecule has 0 saturated carbocycles. The van der Waals surface area contributed by atoms with Crippen LogP contribution in [0.25, 0.3) is 0 Å². The van der Waals surface area contributed by atoms with Gasteiger partial charge in [0.15, 0.2) is 0 Å². The molecule has 1 unspecified atom stereocenters. The van der Waals surface area contributed by atoms with E-state index in [2.05, 4.69) is 0 Å². The minimum Gasteiger partial charge on any atom is -0.324 e. The quantitative estimate of drug-likeness (QED) is 0.743. The van der Waals surface area contributed by atoms with Gasteiger partial charge in [0, 0.05) is 16.6 Å². The van der Waals surface area contributed by atoms with Crippen molar-refractivity contribution >= 4 is 11.6 Å². The second kappa shape index (κ2) is 3.64. The summed E-state index contributed by atoms with van der Waals surface area (Å²) in [5, 5.41) is 0.479. The largest absolute Gasteiger partial charge is 0.324 e. The lowest BCUT2D eigenvalue weighted by molar-refractivity contribution is 0.612. The molecule has 0 amide bonds. The Morgan fingerprint density at radius 1 is 1.38 bits per heavy atom. The fraction of sp³-hybridized carbons (Fsp3) is 0.400. The lowest BCUT2D eigenvalue weighted by Gasteiger charge is -2.13. The number of hydrogen-bond donors (Lipinski definition) is 1. The monoisotopic (exact) mass is 201 g/mol. The van der Waals surface area contributed by atoms with E-state index in [-0.39, 0.29) is 11.9 Å². The first-order valence-electron chi connectivity index (χ1n) is 4.15. The van der Waals surface area contributed by atoms with Crippen molar-refractivity contribution in [2.75, 3.05) is 0 Å². The Morgan fingerprint density at radius 2 is 1.92 bits per heavy atom. The van der Waals surface area contributed by atoms with Gasteiger partial charge in [-0.15, -0.1) is 0 Å². The van der Waals surface area contributed by atoms with E-state index in [1.54, 1.807) is 6.92 Å². The summed E-state index contributed by atoms with van der Waals surface area (Å²) in [5.41, 5.74) is 7.81. The third-order valence-electron chi connectivity index (χ3n) is 2.22. The maximum absolute atomic E-state index is 13.2. The molecule has 1 atom stereocenters. The fourth-order valence-electron chi connectivity index (χ4n) is 1.34. The number of benzene rings is 1. The third kappa shape index (κ3) is 1.84. The molecular weight excluding hydrogens is 189 g/mol. The maximum Gasteiger partial charge on any atom is 0.127 e. The van der Waals surface area contributed by atoms with Crippen molar-refractivity contribution in [3.05, 3.63) is 33.6 Å². The van der Waals surface area contributed by atoms with Crippen LogP contribution in [0.2, 0.25) is 5.02 Å². The highest BCUT2D eigenvalue weighted by Gasteiger charge is 2.12. The molecule has 0 aliphatic carbocycles. The SMILES string of the molecule is Cc1c(F)cc(C(C)N)c(C)c1Cl. The van der Waals surface area contributed by atoms with Gasteiger partial charge in [-0.1, -0.05) is 11.6 Å². The maximum atomic E-state index is 13.2. The summed E-state index contributed by atoms with van der Waals surface area (Å²) in [6.45, 7) is 5.33. The smallest absolute Gasteiger partial charge is 0.127 e. The van der Waals surface area contributed by atoms with Crippen LogP contribution in [0.5, 0.6) is 0 Å². The predicted octanol–water partition coefficient (Wildman–Crippen LogP) is 3.12. The molecule has 3 heteroatoms. The summed E-state index contributed by atoms with van der Waals surface area (Å²) >= 11 is 5.94.